The van der Waals surface area contributed by atoms with E-state index in [-0.39, 0.29) is 18.8 Å². The normalized spacial score (nSPS) is 25.6. The lowest BCUT2D eigenvalue weighted by Gasteiger charge is -2.23. The van der Waals surface area contributed by atoms with Gasteiger partial charge >= 0.3 is 0 Å². The van der Waals surface area contributed by atoms with Gasteiger partial charge in [-0.2, -0.15) is 0 Å². The third-order valence-electron chi connectivity index (χ3n) is 3.72. The zero-order valence-corrected chi connectivity index (χ0v) is 13.9. The number of ether oxygens (including phenoxy) is 1. The number of hydrogen-bond donors (Lipinski definition) is 1. The second-order valence-electron chi connectivity index (χ2n) is 5.15. The van der Waals surface area contributed by atoms with Gasteiger partial charge in [0.1, 0.15) is 18.1 Å². The maximum Gasteiger partial charge on any atom is 0.267 e. The molecule has 0 bridgehead atoms. The number of aromatic nitrogens is 4. The SMILES string of the molecule is COP(=O)([O-])OC[C@H]1O[C@@H](n2cnc3c(N)ncnc32)CC1N=[N+]=[N-]. The first kappa shape index (κ1) is 17.5. The molecule has 2 N–H and O–H groups in total. The van der Waals surface area contributed by atoms with E-state index in [9.17, 15) is 9.46 Å². The fourth-order valence-corrected chi connectivity index (χ4v) is 2.96. The molecule has 0 aliphatic carbocycles. The van der Waals surface area contributed by atoms with E-state index >= 15 is 0 Å². The minimum Gasteiger partial charge on any atom is -0.756 e. The largest absolute Gasteiger partial charge is 0.756 e. The number of imidazole rings is 1. The standard InChI is InChI=1S/C11H15N8O5P/c1-22-25(20,21)23-3-7-6(17-18-13)2-8(24-7)19-5-16-9-10(12)14-4-15-11(9)19/h4-8H,2-3H2,1H3,(H,20,21)(H2,12,14,15)/p-1/t6?,7-,8-/m1/s1. The monoisotopic (exact) mass is 369 g/mol. The van der Waals surface area contributed by atoms with Crippen LogP contribution in [0.15, 0.2) is 17.8 Å². The van der Waals surface area contributed by atoms with E-state index in [1.807, 2.05) is 0 Å². The van der Waals surface area contributed by atoms with E-state index in [4.69, 9.17) is 20.5 Å². The average molecular weight is 369 g/mol. The number of anilines is 1. The van der Waals surface area contributed by atoms with Crippen LogP contribution in [0.3, 0.4) is 0 Å². The molecule has 1 aliphatic heterocycles. The highest BCUT2D eigenvalue weighted by atomic mass is 31.2. The Balaban J connectivity index is 1.82. The third-order valence-corrected chi connectivity index (χ3v) is 4.63. The fourth-order valence-electron chi connectivity index (χ4n) is 2.52. The number of phosphoric ester groups is 1. The van der Waals surface area contributed by atoms with E-state index in [0.717, 1.165) is 7.11 Å². The molecule has 3 rings (SSSR count). The maximum atomic E-state index is 11.3. The molecule has 3 heterocycles. The molecule has 0 saturated carbocycles. The van der Waals surface area contributed by atoms with Gasteiger partial charge in [0.25, 0.3) is 7.82 Å². The van der Waals surface area contributed by atoms with Gasteiger partial charge in [-0.3, -0.25) is 9.13 Å². The van der Waals surface area contributed by atoms with Gasteiger partial charge in [-0.1, -0.05) is 5.11 Å². The lowest BCUT2D eigenvalue weighted by atomic mass is 10.1. The summed E-state index contributed by atoms with van der Waals surface area (Å²) in [7, 11) is -3.43. The van der Waals surface area contributed by atoms with Gasteiger partial charge in [-0.25, -0.2) is 15.0 Å². The van der Waals surface area contributed by atoms with Crippen LogP contribution < -0.4 is 10.6 Å². The maximum absolute atomic E-state index is 11.3. The Morgan fingerprint density at radius 3 is 3.12 bits per heavy atom. The summed E-state index contributed by atoms with van der Waals surface area (Å²) in [5.41, 5.74) is 15.3. The highest BCUT2D eigenvalue weighted by Gasteiger charge is 2.37. The Hall–Kier alpha value is -2.27. The van der Waals surface area contributed by atoms with Crippen molar-refractivity contribution >= 4 is 24.8 Å². The van der Waals surface area contributed by atoms with Crippen molar-refractivity contribution < 1.29 is 23.2 Å². The second-order valence-corrected chi connectivity index (χ2v) is 6.66. The van der Waals surface area contributed by atoms with Crippen LogP contribution in [0, 0.1) is 0 Å². The molecule has 2 aromatic rings. The average Bonchev–Trinajstić information content (AvgIpc) is 3.18. The quantitative estimate of drug-likeness (QED) is 0.327. The number of nitrogen functional groups attached to an aromatic ring is 1. The smallest absolute Gasteiger partial charge is 0.267 e. The number of azide groups is 1. The van der Waals surface area contributed by atoms with Gasteiger partial charge < -0.3 is 24.4 Å². The molecule has 0 radical (unpaired) electrons. The predicted molar refractivity (Wildman–Crippen MR) is 81.8 cm³/mol. The van der Waals surface area contributed by atoms with Crippen LogP contribution >= 0.6 is 7.82 Å². The molecule has 0 amide bonds. The molecule has 14 heteroatoms. The van der Waals surface area contributed by atoms with Crippen molar-refractivity contribution in [2.24, 2.45) is 5.11 Å². The molecule has 1 aliphatic rings. The number of rotatable bonds is 6. The molecule has 0 spiro atoms. The van der Waals surface area contributed by atoms with Gasteiger partial charge in [-0.15, -0.1) is 0 Å². The van der Waals surface area contributed by atoms with Gasteiger partial charge in [0.2, 0.25) is 0 Å². The zero-order valence-electron chi connectivity index (χ0n) is 13.0. The molecular weight excluding hydrogens is 355 g/mol. The minimum atomic E-state index is -4.42. The molecule has 1 saturated heterocycles. The van der Waals surface area contributed by atoms with E-state index in [0.29, 0.717) is 11.2 Å². The molecule has 13 nitrogen and oxygen atoms in total. The summed E-state index contributed by atoms with van der Waals surface area (Å²) in [6.07, 6.45) is 1.68. The van der Waals surface area contributed by atoms with Gasteiger partial charge in [0.05, 0.1) is 25.1 Å². The van der Waals surface area contributed by atoms with Crippen LogP contribution in [-0.2, 0) is 18.3 Å². The van der Waals surface area contributed by atoms with E-state index < -0.39 is 26.2 Å². The Morgan fingerprint density at radius 2 is 2.40 bits per heavy atom. The van der Waals surface area contributed by atoms with Crippen LogP contribution in [0.1, 0.15) is 12.6 Å². The molecule has 4 atom stereocenters. The van der Waals surface area contributed by atoms with Crippen LogP contribution in [0.4, 0.5) is 5.82 Å². The summed E-state index contributed by atoms with van der Waals surface area (Å²) in [4.78, 5) is 26.2. The summed E-state index contributed by atoms with van der Waals surface area (Å²) in [5, 5.41) is 3.64. The van der Waals surface area contributed by atoms with Crippen LogP contribution in [0.5, 0.6) is 0 Å². The fraction of sp³-hybridized carbons (Fsp3) is 0.545. The zero-order chi connectivity index (χ0) is 18.0. The van der Waals surface area contributed by atoms with Crippen molar-refractivity contribution in [3.8, 4) is 0 Å². The van der Waals surface area contributed by atoms with E-state index in [1.165, 1.54) is 12.7 Å². The summed E-state index contributed by atoms with van der Waals surface area (Å²) < 4.78 is 27.7. The van der Waals surface area contributed by atoms with Gasteiger partial charge in [-0.05, 0) is 5.53 Å². The van der Waals surface area contributed by atoms with Crippen LogP contribution in [-0.4, -0.2) is 45.4 Å². The second kappa shape index (κ2) is 6.92. The Kier molecular flexibility index (Phi) is 4.86. The summed E-state index contributed by atoms with van der Waals surface area (Å²) >= 11 is 0. The lowest BCUT2D eigenvalue weighted by molar-refractivity contribution is -0.225. The molecule has 134 valence electrons. The van der Waals surface area contributed by atoms with Crippen molar-refractivity contribution in [3.05, 3.63) is 23.1 Å². The Labute approximate surface area is 141 Å². The van der Waals surface area contributed by atoms with Crippen molar-refractivity contribution in [2.45, 2.75) is 24.8 Å². The number of nitrogens with zero attached hydrogens (tertiary/aromatic N) is 7. The van der Waals surface area contributed by atoms with Gasteiger partial charge in [0, 0.05) is 18.4 Å². The third kappa shape index (κ3) is 3.56. The highest BCUT2D eigenvalue weighted by molar-refractivity contribution is 7.45. The summed E-state index contributed by atoms with van der Waals surface area (Å²) in [6, 6.07) is -0.636. The van der Waals surface area contributed by atoms with Crippen LogP contribution in [0.25, 0.3) is 21.6 Å². The summed E-state index contributed by atoms with van der Waals surface area (Å²) in [5.74, 6) is 0.223. The van der Waals surface area contributed by atoms with E-state index in [2.05, 4.69) is 29.5 Å². The van der Waals surface area contributed by atoms with Crippen molar-refractivity contribution in [1.29, 1.82) is 0 Å². The van der Waals surface area contributed by atoms with Crippen LogP contribution in [0.2, 0.25) is 0 Å². The Bertz CT molecular complexity index is 867. The molecule has 25 heavy (non-hydrogen) atoms. The lowest BCUT2D eigenvalue weighted by Crippen LogP contribution is -2.26. The molecular formula is C11H14N8O5P-. The molecule has 0 aromatic carbocycles. The van der Waals surface area contributed by atoms with Crippen molar-refractivity contribution in [3.63, 3.8) is 0 Å². The summed E-state index contributed by atoms with van der Waals surface area (Å²) in [6.45, 7) is -0.349. The molecule has 1 fully saturated rings. The Morgan fingerprint density at radius 1 is 1.60 bits per heavy atom. The predicted octanol–water partition coefficient (Wildman–Crippen LogP) is 0.506. The van der Waals surface area contributed by atoms with E-state index in [1.54, 1.807) is 4.57 Å². The highest BCUT2D eigenvalue weighted by Crippen LogP contribution is 2.40. The van der Waals surface area contributed by atoms with Crippen molar-refractivity contribution in [1.82, 2.24) is 19.5 Å². The molecule has 2 unspecified atom stereocenters. The topological polar surface area (TPSA) is 186 Å². The first-order valence-corrected chi connectivity index (χ1v) is 8.55. The first-order valence-electron chi connectivity index (χ1n) is 7.09. The molecule has 2 aromatic heterocycles. The number of fused-ring (bicyclic) bond motifs is 1. The first-order chi connectivity index (χ1) is 11.9. The van der Waals surface area contributed by atoms with Gasteiger partial charge in [0.15, 0.2) is 11.5 Å². The number of nitrogens with two attached hydrogens (primary N) is 1. The number of hydrogen-bond acceptors (Lipinski definition) is 10. The number of phosphoric acid groups is 1. The van der Waals surface area contributed by atoms with Crippen molar-refractivity contribution in [2.75, 3.05) is 19.5 Å². The minimum absolute atomic E-state index is 0.223.